The van der Waals surface area contributed by atoms with E-state index in [1.54, 1.807) is 0 Å². The summed E-state index contributed by atoms with van der Waals surface area (Å²) in [5, 5.41) is 2.79. The molecule has 1 aliphatic carbocycles. The van der Waals surface area contributed by atoms with Crippen molar-refractivity contribution in [2.45, 2.75) is 67.2 Å². The molecule has 1 fully saturated rings. The number of amides is 1. The van der Waals surface area contributed by atoms with E-state index in [4.69, 9.17) is 0 Å². The third-order valence-corrected chi connectivity index (χ3v) is 9.69. The van der Waals surface area contributed by atoms with Crippen LogP contribution in [0, 0.1) is 0 Å². The molecule has 4 rings (SSSR count). The molecule has 0 aromatic heterocycles. The van der Waals surface area contributed by atoms with Crippen molar-refractivity contribution < 1.29 is 52.2 Å². The van der Waals surface area contributed by atoms with E-state index in [9.17, 15) is 48.0 Å². The lowest BCUT2D eigenvalue weighted by Crippen LogP contribution is -2.40. The van der Waals surface area contributed by atoms with Crippen LogP contribution in [0.2, 0.25) is 0 Å². The van der Waals surface area contributed by atoms with E-state index in [0.717, 1.165) is 34.6 Å². The maximum Gasteiger partial charge on any atom is 0.534 e. The van der Waals surface area contributed by atoms with Gasteiger partial charge >= 0.3 is 21.8 Å². The number of fused-ring (bicyclic) bond motifs is 1. The molecule has 2 atom stereocenters. The summed E-state index contributed by atoms with van der Waals surface area (Å²) >= 11 is 0. The highest BCUT2D eigenvalue weighted by Crippen LogP contribution is 2.36. The van der Waals surface area contributed by atoms with Crippen molar-refractivity contribution >= 4 is 26.0 Å². The first-order valence-corrected chi connectivity index (χ1v) is 15.0. The third kappa shape index (κ3) is 6.38. The molecule has 0 spiro atoms. The summed E-state index contributed by atoms with van der Waals surface area (Å²) in [5.41, 5.74) is -5.66. The molecule has 1 heterocycles. The van der Waals surface area contributed by atoms with Gasteiger partial charge in [0.25, 0.3) is 0 Å². The summed E-state index contributed by atoms with van der Waals surface area (Å²) in [6.45, 7) is 0.0341. The fourth-order valence-corrected chi connectivity index (χ4v) is 7.12. The number of carbonyl (C=O) groups excluding carboxylic acids is 1. The molecule has 1 saturated heterocycles. The van der Waals surface area contributed by atoms with Crippen LogP contribution in [0.3, 0.4) is 0 Å². The Hall–Kier alpha value is -2.85. The molecule has 0 bridgehead atoms. The molecule has 0 radical (unpaired) electrons. The lowest BCUT2D eigenvalue weighted by molar-refractivity contribution is -0.137. The van der Waals surface area contributed by atoms with Crippen molar-refractivity contribution in [3.05, 3.63) is 59.2 Å². The van der Waals surface area contributed by atoms with Gasteiger partial charge in [-0.3, -0.25) is 4.79 Å². The minimum atomic E-state index is -5.85. The van der Waals surface area contributed by atoms with Crippen molar-refractivity contribution in [1.29, 1.82) is 0 Å². The highest BCUT2D eigenvalue weighted by molar-refractivity contribution is 7.89. The Balaban J connectivity index is 1.46. The summed E-state index contributed by atoms with van der Waals surface area (Å²) in [6.07, 6.45) is -2.87. The lowest BCUT2D eigenvalue weighted by Gasteiger charge is -2.28. The zero-order valence-corrected chi connectivity index (χ0v) is 22.3. The zero-order valence-electron chi connectivity index (χ0n) is 20.6. The molecular formula is C24H24F6N2O6S2. The normalized spacial score (nSPS) is 20.6. The topological polar surface area (TPSA) is 110 Å². The van der Waals surface area contributed by atoms with E-state index in [0.29, 0.717) is 49.3 Å². The van der Waals surface area contributed by atoms with Gasteiger partial charge in [0.2, 0.25) is 15.9 Å². The van der Waals surface area contributed by atoms with Crippen molar-refractivity contribution in [1.82, 2.24) is 9.62 Å². The van der Waals surface area contributed by atoms with Crippen LogP contribution < -0.4 is 9.50 Å². The summed E-state index contributed by atoms with van der Waals surface area (Å²) in [5.74, 6) is -1.04. The SMILES string of the molecule is O=C(CC1CCCN1S(=O)(=O)c1cccc(C(F)(F)F)c1)NC1CCCc2cc(OS(=O)(=O)C(F)(F)F)ccc21. The first kappa shape index (κ1) is 30.1. The van der Waals surface area contributed by atoms with Crippen LogP contribution in [0.15, 0.2) is 47.4 Å². The van der Waals surface area contributed by atoms with Gasteiger partial charge in [0.15, 0.2) is 0 Å². The van der Waals surface area contributed by atoms with Crippen molar-refractivity contribution in [3.8, 4) is 5.75 Å². The van der Waals surface area contributed by atoms with E-state index in [1.165, 1.54) is 6.07 Å². The molecule has 40 heavy (non-hydrogen) atoms. The molecule has 16 heteroatoms. The second-order valence-corrected chi connectivity index (χ2v) is 12.9. The van der Waals surface area contributed by atoms with E-state index in [2.05, 4.69) is 9.50 Å². The summed E-state index contributed by atoms with van der Waals surface area (Å²) in [6, 6.07) is 5.61. The third-order valence-electron chi connectivity index (χ3n) is 6.77. The molecule has 0 saturated carbocycles. The number of hydrogen-bond acceptors (Lipinski definition) is 6. The molecule has 1 amide bonds. The first-order chi connectivity index (χ1) is 18.5. The van der Waals surface area contributed by atoms with Gasteiger partial charge in [0, 0.05) is 19.0 Å². The number of carbonyl (C=O) groups is 1. The van der Waals surface area contributed by atoms with Gasteiger partial charge < -0.3 is 9.50 Å². The van der Waals surface area contributed by atoms with Gasteiger partial charge in [0.1, 0.15) is 5.75 Å². The molecule has 2 aromatic rings. The van der Waals surface area contributed by atoms with Crippen molar-refractivity contribution in [2.24, 2.45) is 0 Å². The Morgan fingerprint density at radius 3 is 2.38 bits per heavy atom. The highest BCUT2D eigenvalue weighted by Gasteiger charge is 2.48. The fraction of sp³-hybridized carbons (Fsp3) is 0.458. The molecule has 2 unspecified atom stereocenters. The Morgan fingerprint density at radius 2 is 1.70 bits per heavy atom. The largest absolute Gasteiger partial charge is 0.534 e. The van der Waals surface area contributed by atoms with Crippen LogP contribution in [-0.2, 0) is 37.5 Å². The second kappa shape index (κ2) is 10.9. The number of hydrogen-bond donors (Lipinski definition) is 1. The first-order valence-electron chi connectivity index (χ1n) is 12.1. The molecule has 220 valence electrons. The lowest BCUT2D eigenvalue weighted by atomic mass is 9.87. The van der Waals surface area contributed by atoms with Crippen LogP contribution in [0.5, 0.6) is 5.75 Å². The predicted molar refractivity (Wildman–Crippen MR) is 129 cm³/mol. The second-order valence-electron chi connectivity index (χ2n) is 9.50. The van der Waals surface area contributed by atoms with Crippen molar-refractivity contribution in [2.75, 3.05) is 6.54 Å². The fourth-order valence-electron chi connectivity index (χ4n) is 4.93. The number of rotatable bonds is 7. The number of halogens is 6. The number of sulfonamides is 1. The van der Waals surface area contributed by atoms with Gasteiger partial charge in [-0.1, -0.05) is 12.1 Å². The number of aryl methyl sites for hydroxylation is 1. The summed E-state index contributed by atoms with van der Waals surface area (Å²) < 4.78 is 131. The van der Waals surface area contributed by atoms with Crippen LogP contribution in [0.25, 0.3) is 0 Å². The van der Waals surface area contributed by atoms with Gasteiger partial charge in [-0.2, -0.15) is 39.1 Å². The monoisotopic (exact) mass is 614 g/mol. The van der Waals surface area contributed by atoms with Gasteiger partial charge in [0.05, 0.1) is 16.5 Å². The van der Waals surface area contributed by atoms with Gasteiger partial charge in [-0.25, -0.2) is 8.42 Å². The van der Waals surface area contributed by atoms with E-state index >= 15 is 0 Å². The highest BCUT2D eigenvalue weighted by atomic mass is 32.2. The van der Waals surface area contributed by atoms with E-state index in [1.807, 2.05) is 0 Å². The Bertz CT molecular complexity index is 1490. The molecule has 8 nitrogen and oxygen atoms in total. The number of alkyl halides is 6. The molecule has 2 aliphatic rings. The van der Waals surface area contributed by atoms with Gasteiger partial charge in [-0.15, -0.1) is 0 Å². The quantitative estimate of drug-likeness (QED) is 0.276. The minimum Gasteiger partial charge on any atom is -0.376 e. The van der Waals surface area contributed by atoms with Crippen LogP contribution in [-0.4, -0.2) is 45.1 Å². The van der Waals surface area contributed by atoms with Gasteiger partial charge in [-0.05, 0) is 73.6 Å². The van der Waals surface area contributed by atoms with E-state index in [-0.39, 0.29) is 13.0 Å². The Kier molecular flexibility index (Phi) is 8.17. The Labute approximate surface area is 226 Å². The van der Waals surface area contributed by atoms with Crippen LogP contribution in [0.4, 0.5) is 26.3 Å². The molecule has 2 aromatic carbocycles. The van der Waals surface area contributed by atoms with E-state index < -0.39 is 66.0 Å². The number of nitrogens with zero attached hydrogens (tertiary/aromatic N) is 1. The summed E-state index contributed by atoms with van der Waals surface area (Å²) in [7, 11) is -10.2. The predicted octanol–water partition coefficient (Wildman–Crippen LogP) is 4.67. The standard InChI is InChI=1S/C24H24F6N2O6S2/c25-23(26,27)16-5-2-7-19(13-16)39(34,35)32-11-3-6-17(32)14-22(33)31-21-8-1-4-15-12-18(9-10-20(15)21)38-40(36,37)24(28,29)30/h2,5,7,9-10,12-13,17,21H,1,3-4,6,8,11,14H2,(H,31,33). The zero-order chi connectivity index (χ0) is 29.5. The Morgan fingerprint density at radius 1 is 0.975 bits per heavy atom. The summed E-state index contributed by atoms with van der Waals surface area (Å²) in [4.78, 5) is 12.4. The molecule has 1 N–H and O–H groups in total. The van der Waals surface area contributed by atoms with Crippen LogP contribution in [0.1, 0.15) is 54.8 Å². The average Bonchev–Trinajstić information content (AvgIpc) is 3.31. The maximum absolute atomic E-state index is 13.2. The maximum atomic E-state index is 13.2. The average molecular weight is 615 g/mol. The van der Waals surface area contributed by atoms with Crippen LogP contribution >= 0.6 is 0 Å². The minimum absolute atomic E-state index is 0.0341. The number of nitrogens with one attached hydrogen (secondary N) is 1. The smallest absolute Gasteiger partial charge is 0.376 e. The number of benzene rings is 2. The van der Waals surface area contributed by atoms with Crippen molar-refractivity contribution in [3.63, 3.8) is 0 Å². The molecular weight excluding hydrogens is 590 g/mol. The molecule has 1 aliphatic heterocycles.